The van der Waals surface area contributed by atoms with Gasteiger partial charge in [-0.3, -0.25) is 24.4 Å². The van der Waals surface area contributed by atoms with Crippen molar-refractivity contribution in [3.8, 4) is 11.3 Å². The predicted octanol–water partition coefficient (Wildman–Crippen LogP) is 3.87. The zero-order valence-corrected chi connectivity index (χ0v) is 20.5. The van der Waals surface area contributed by atoms with Gasteiger partial charge >= 0.3 is 0 Å². The van der Waals surface area contributed by atoms with E-state index in [1.807, 2.05) is 32.9 Å². The number of aryl methyl sites for hydroxylation is 3. The monoisotopic (exact) mass is 475 g/mol. The number of aromatic nitrogens is 5. The van der Waals surface area contributed by atoms with Crippen LogP contribution >= 0.6 is 0 Å². The molecule has 2 fully saturated rings. The van der Waals surface area contributed by atoms with Crippen LogP contribution in [-0.4, -0.2) is 42.8 Å². The van der Waals surface area contributed by atoms with Gasteiger partial charge in [-0.25, -0.2) is 0 Å². The lowest BCUT2D eigenvalue weighted by molar-refractivity contribution is -0.119. The molecule has 0 bridgehead atoms. The summed E-state index contributed by atoms with van der Waals surface area (Å²) in [7, 11) is 0. The van der Waals surface area contributed by atoms with E-state index in [1.54, 1.807) is 23.1 Å². The maximum Gasteiger partial charge on any atom is 0.270 e. The highest BCUT2D eigenvalue weighted by molar-refractivity contribution is 6.00. The van der Waals surface area contributed by atoms with Gasteiger partial charge in [0.1, 0.15) is 11.7 Å². The number of hydrogen-bond acceptors (Lipinski definition) is 5. The Bertz CT molecular complexity index is 1170. The topological polar surface area (TPSA) is 118 Å². The quantitative estimate of drug-likeness (QED) is 0.411. The SMILES string of the molecule is CCCn1nccc1C(=O)N[C@H](C(=O)Nc1ccc(-c2c(C)n[nH]c2C)nc1)C(C1CC1)C1CC1. The van der Waals surface area contributed by atoms with Crippen molar-refractivity contribution in [2.75, 3.05) is 5.32 Å². The summed E-state index contributed by atoms with van der Waals surface area (Å²) >= 11 is 0. The van der Waals surface area contributed by atoms with Crippen molar-refractivity contribution in [3.05, 3.63) is 47.7 Å². The summed E-state index contributed by atoms with van der Waals surface area (Å²) in [4.78, 5) is 31.3. The molecule has 3 N–H and O–H groups in total. The Morgan fingerprint density at radius 2 is 1.89 bits per heavy atom. The molecule has 9 heteroatoms. The number of nitrogens with zero attached hydrogens (tertiary/aromatic N) is 4. The van der Waals surface area contributed by atoms with Gasteiger partial charge in [0.2, 0.25) is 5.91 Å². The van der Waals surface area contributed by atoms with E-state index in [2.05, 4.69) is 30.9 Å². The van der Waals surface area contributed by atoms with Crippen molar-refractivity contribution < 1.29 is 9.59 Å². The first-order valence-corrected chi connectivity index (χ1v) is 12.6. The summed E-state index contributed by atoms with van der Waals surface area (Å²) in [5.41, 5.74) is 4.71. The lowest BCUT2D eigenvalue weighted by Crippen LogP contribution is -2.50. The molecule has 3 aromatic rings. The fourth-order valence-electron chi connectivity index (χ4n) is 5.12. The number of carbonyl (C=O) groups is 2. The average Bonchev–Trinajstić information content (AvgIpc) is 3.77. The van der Waals surface area contributed by atoms with E-state index in [9.17, 15) is 9.59 Å². The van der Waals surface area contributed by atoms with Crippen LogP contribution in [0.3, 0.4) is 0 Å². The van der Waals surface area contributed by atoms with Gasteiger partial charge in [0.15, 0.2) is 0 Å². The number of anilines is 1. The average molecular weight is 476 g/mol. The number of amides is 2. The molecular weight excluding hydrogens is 442 g/mol. The number of carbonyl (C=O) groups excluding carboxylic acids is 2. The Morgan fingerprint density at radius 3 is 2.46 bits per heavy atom. The van der Waals surface area contributed by atoms with Crippen LogP contribution in [0.2, 0.25) is 0 Å². The summed E-state index contributed by atoms with van der Waals surface area (Å²) in [6, 6.07) is 4.86. The number of aromatic amines is 1. The van der Waals surface area contributed by atoms with Crippen LogP contribution in [-0.2, 0) is 11.3 Å². The molecule has 184 valence electrons. The van der Waals surface area contributed by atoms with Crippen molar-refractivity contribution >= 4 is 17.5 Å². The Morgan fingerprint density at radius 1 is 1.14 bits per heavy atom. The Hall–Kier alpha value is -3.49. The van der Waals surface area contributed by atoms with Crippen LogP contribution in [0.5, 0.6) is 0 Å². The summed E-state index contributed by atoms with van der Waals surface area (Å²) in [5.74, 6) is 0.707. The minimum absolute atomic E-state index is 0.157. The van der Waals surface area contributed by atoms with Crippen molar-refractivity contribution in [3.63, 3.8) is 0 Å². The molecule has 2 aliphatic carbocycles. The summed E-state index contributed by atoms with van der Waals surface area (Å²) in [6.07, 6.45) is 8.65. The van der Waals surface area contributed by atoms with E-state index in [1.165, 1.54) is 0 Å². The number of H-pyrrole nitrogens is 1. The van der Waals surface area contributed by atoms with Crippen LogP contribution < -0.4 is 10.6 Å². The van der Waals surface area contributed by atoms with Crippen LogP contribution in [0.4, 0.5) is 5.69 Å². The molecule has 0 aromatic carbocycles. The maximum absolute atomic E-state index is 13.6. The minimum atomic E-state index is -0.592. The standard InChI is InChI=1S/C26H33N7O2/c1-4-13-33-21(11-12-28-33)25(34)30-24(23(17-5-6-17)18-7-8-18)26(35)29-19-9-10-20(27-14-19)22-15(2)31-32-16(22)3/h9-12,14,17-18,23-24H,4-8,13H2,1-3H3,(H,29,35)(H,30,34)(H,31,32)/t24-/m0/s1. The second-order valence-electron chi connectivity index (χ2n) is 9.87. The highest BCUT2D eigenvalue weighted by atomic mass is 16.2. The second kappa shape index (κ2) is 9.64. The predicted molar refractivity (Wildman–Crippen MR) is 133 cm³/mol. The van der Waals surface area contributed by atoms with Gasteiger partial charge in [0.25, 0.3) is 5.91 Å². The van der Waals surface area contributed by atoms with Gasteiger partial charge in [-0.1, -0.05) is 6.92 Å². The first-order valence-electron chi connectivity index (χ1n) is 12.6. The number of hydrogen-bond donors (Lipinski definition) is 3. The first-order chi connectivity index (χ1) is 17.0. The second-order valence-corrected chi connectivity index (χ2v) is 9.87. The van der Waals surface area contributed by atoms with Gasteiger partial charge in [0, 0.05) is 24.0 Å². The molecule has 2 aliphatic rings. The molecule has 9 nitrogen and oxygen atoms in total. The normalized spacial score (nSPS) is 16.3. The van der Waals surface area contributed by atoms with Crippen molar-refractivity contribution in [2.45, 2.75) is 65.5 Å². The Labute approximate surface area is 205 Å². The summed E-state index contributed by atoms with van der Waals surface area (Å²) in [5, 5.41) is 17.6. The molecule has 0 spiro atoms. The van der Waals surface area contributed by atoms with Gasteiger partial charge in [0.05, 0.1) is 23.3 Å². The van der Waals surface area contributed by atoms with E-state index in [4.69, 9.17) is 0 Å². The molecule has 0 unspecified atom stereocenters. The summed E-state index contributed by atoms with van der Waals surface area (Å²) < 4.78 is 1.70. The molecule has 2 amide bonds. The zero-order valence-electron chi connectivity index (χ0n) is 20.5. The van der Waals surface area contributed by atoms with Crippen LogP contribution in [0, 0.1) is 31.6 Å². The molecule has 35 heavy (non-hydrogen) atoms. The molecule has 0 aliphatic heterocycles. The molecule has 3 heterocycles. The van der Waals surface area contributed by atoms with Crippen LogP contribution in [0.25, 0.3) is 11.3 Å². The van der Waals surface area contributed by atoms with Crippen LogP contribution in [0.15, 0.2) is 30.6 Å². The molecule has 0 radical (unpaired) electrons. The molecule has 2 saturated carbocycles. The van der Waals surface area contributed by atoms with Gasteiger partial charge in [-0.05, 0) is 81.9 Å². The largest absolute Gasteiger partial charge is 0.339 e. The van der Waals surface area contributed by atoms with Crippen LogP contribution in [0.1, 0.15) is 60.9 Å². The molecule has 5 rings (SSSR count). The zero-order chi connectivity index (χ0) is 24.5. The van der Waals surface area contributed by atoms with Crippen molar-refractivity contribution in [1.29, 1.82) is 0 Å². The van der Waals surface area contributed by atoms with Crippen molar-refractivity contribution in [2.24, 2.45) is 17.8 Å². The fraction of sp³-hybridized carbons (Fsp3) is 0.500. The molecule has 0 saturated heterocycles. The first kappa shape index (κ1) is 23.3. The maximum atomic E-state index is 13.6. The molecule has 3 aromatic heterocycles. The third-order valence-electron chi connectivity index (χ3n) is 7.09. The van der Waals surface area contributed by atoms with E-state index in [0.717, 1.165) is 54.7 Å². The lowest BCUT2D eigenvalue weighted by atomic mass is 9.88. The Balaban J connectivity index is 1.35. The fourth-order valence-corrected chi connectivity index (χ4v) is 5.12. The highest BCUT2D eigenvalue weighted by Crippen LogP contribution is 2.51. The highest BCUT2D eigenvalue weighted by Gasteiger charge is 2.48. The van der Waals surface area contributed by atoms with Gasteiger partial charge < -0.3 is 10.6 Å². The van der Waals surface area contributed by atoms with Gasteiger partial charge in [-0.15, -0.1) is 0 Å². The van der Waals surface area contributed by atoms with Crippen molar-refractivity contribution in [1.82, 2.24) is 30.3 Å². The smallest absolute Gasteiger partial charge is 0.270 e. The Kier molecular flexibility index (Phi) is 6.40. The third-order valence-corrected chi connectivity index (χ3v) is 7.09. The number of pyridine rings is 1. The van der Waals surface area contributed by atoms with Gasteiger partial charge in [-0.2, -0.15) is 10.2 Å². The third kappa shape index (κ3) is 4.99. The van der Waals surface area contributed by atoms with E-state index in [0.29, 0.717) is 29.8 Å². The van der Waals surface area contributed by atoms with E-state index < -0.39 is 6.04 Å². The van der Waals surface area contributed by atoms with E-state index >= 15 is 0 Å². The number of rotatable bonds is 10. The lowest BCUT2D eigenvalue weighted by Gasteiger charge is -2.27. The minimum Gasteiger partial charge on any atom is -0.339 e. The number of nitrogens with one attached hydrogen (secondary N) is 3. The summed E-state index contributed by atoms with van der Waals surface area (Å²) in [6.45, 7) is 6.60. The molecule has 1 atom stereocenters. The molecular formula is C26H33N7O2. The van der Waals surface area contributed by atoms with E-state index in [-0.39, 0.29) is 17.7 Å².